The highest BCUT2D eigenvalue weighted by Gasteiger charge is 2.39. The van der Waals surface area contributed by atoms with Crippen LogP contribution in [0.1, 0.15) is 99.6 Å². The Bertz CT molecular complexity index is 1500. The van der Waals surface area contributed by atoms with E-state index in [9.17, 15) is 35.9 Å². The van der Waals surface area contributed by atoms with Gasteiger partial charge >= 0.3 is 6.18 Å². The number of halogens is 7. The topological polar surface area (TPSA) is 118 Å². The van der Waals surface area contributed by atoms with Crippen LogP contribution in [0.2, 0.25) is 0 Å². The molecule has 1 fully saturated rings. The van der Waals surface area contributed by atoms with Crippen LogP contribution in [0.5, 0.6) is 0 Å². The Morgan fingerprint density at radius 3 is 2.36 bits per heavy atom. The Kier molecular flexibility index (Phi) is 9.31. The minimum absolute atomic E-state index is 0.0469. The Hall–Kier alpha value is -3.72. The molecule has 0 saturated heterocycles. The van der Waals surface area contributed by atoms with Crippen LogP contribution in [0.3, 0.4) is 0 Å². The van der Waals surface area contributed by atoms with E-state index in [-0.39, 0.29) is 66.7 Å². The highest BCUT2D eigenvalue weighted by atomic mass is 19.4. The van der Waals surface area contributed by atoms with Gasteiger partial charge in [0.25, 0.3) is 5.91 Å². The van der Waals surface area contributed by atoms with Crippen LogP contribution >= 0.6 is 0 Å². The molecule has 9 nitrogen and oxygen atoms in total. The van der Waals surface area contributed by atoms with E-state index in [2.05, 4.69) is 30.7 Å². The number of benzene rings is 1. The number of alkyl halides is 6. The van der Waals surface area contributed by atoms with E-state index in [1.54, 1.807) is 13.8 Å². The molecule has 44 heavy (non-hydrogen) atoms. The maximum Gasteiger partial charge on any atom is 0.390 e. The number of carbonyl (C=O) groups is 2. The molecule has 1 atom stereocenters. The van der Waals surface area contributed by atoms with Crippen molar-refractivity contribution in [2.75, 3.05) is 6.54 Å². The molecule has 2 aromatic heterocycles. The number of H-pyrrole nitrogens is 1. The largest absolute Gasteiger partial charge is 0.390 e. The van der Waals surface area contributed by atoms with E-state index in [0.717, 1.165) is 19.9 Å². The van der Waals surface area contributed by atoms with Gasteiger partial charge in [-0.3, -0.25) is 9.59 Å². The molecule has 0 unspecified atom stereocenters. The smallest absolute Gasteiger partial charge is 0.352 e. The van der Waals surface area contributed by atoms with Crippen molar-refractivity contribution in [3.05, 3.63) is 41.0 Å². The molecule has 16 heteroatoms. The molecule has 0 radical (unpaired) electrons. The summed E-state index contributed by atoms with van der Waals surface area (Å²) in [5.41, 5.74) is -2.64. The lowest BCUT2D eigenvalue weighted by Gasteiger charge is -2.28. The second-order valence-electron chi connectivity index (χ2n) is 12.0. The monoisotopic (exact) mass is 633 g/mol. The molecular formula is C28H34F7N7O2. The molecule has 2 heterocycles. The van der Waals surface area contributed by atoms with E-state index < -0.39 is 65.9 Å². The standard InChI is InChI=1S/C28H34F7N7O2/c1-14(2)42-23(25(44)37-15-7-9-27(31,32)10-8-15)40-20(41-42)11-19-38-18-6-5-16(21(29)22(18)39-19)17(12-28(33,34)35)24(43)36-13-26(3,4)30/h5-6,14-15,17H,7-13H2,1-4H3,(H,36,43)(H,37,44)(H,38,39)/t17-/m0/s1. The predicted molar refractivity (Wildman–Crippen MR) is 146 cm³/mol. The Morgan fingerprint density at radius 2 is 1.77 bits per heavy atom. The molecule has 1 aromatic carbocycles. The third-order valence-corrected chi connectivity index (χ3v) is 7.23. The minimum atomic E-state index is -4.82. The summed E-state index contributed by atoms with van der Waals surface area (Å²) < 4.78 is 97.9. The fraction of sp³-hybridized carbons (Fsp3) is 0.607. The first kappa shape index (κ1) is 33.2. The zero-order valence-corrected chi connectivity index (χ0v) is 24.6. The van der Waals surface area contributed by atoms with Gasteiger partial charge in [0, 0.05) is 30.5 Å². The number of aromatic amines is 1. The number of fused-ring (bicyclic) bond motifs is 1. The average Bonchev–Trinajstić information content (AvgIpc) is 3.51. The molecule has 2 amide bonds. The van der Waals surface area contributed by atoms with E-state index in [1.165, 1.54) is 10.7 Å². The predicted octanol–water partition coefficient (Wildman–Crippen LogP) is 5.67. The summed E-state index contributed by atoms with van der Waals surface area (Å²) >= 11 is 0. The quantitative estimate of drug-likeness (QED) is 0.249. The Labute approximate surface area is 248 Å². The first-order valence-corrected chi connectivity index (χ1v) is 14.2. The van der Waals surface area contributed by atoms with Gasteiger partial charge in [-0.15, -0.1) is 0 Å². The lowest BCUT2D eigenvalue weighted by atomic mass is 9.92. The van der Waals surface area contributed by atoms with Crippen LogP contribution < -0.4 is 10.6 Å². The molecule has 242 valence electrons. The van der Waals surface area contributed by atoms with Crippen molar-refractivity contribution >= 4 is 22.8 Å². The molecule has 0 bridgehead atoms. The maximum atomic E-state index is 15.6. The highest BCUT2D eigenvalue weighted by Crippen LogP contribution is 2.35. The molecule has 3 N–H and O–H groups in total. The van der Waals surface area contributed by atoms with Gasteiger partial charge in [0.1, 0.15) is 17.0 Å². The average molecular weight is 634 g/mol. The minimum Gasteiger partial charge on any atom is -0.352 e. The molecule has 1 aliphatic carbocycles. The molecule has 0 aliphatic heterocycles. The number of carbonyl (C=O) groups excluding carboxylic acids is 2. The summed E-state index contributed by atoms with van der Waals surface area (Å²) in [5.74, 6) is -7.44. The highest BCUT2D eigenvalue weighted by molar-refractivity contribution is 5.91. The second-order valence-corrected chi connectivity index (χ2v) is 12.0. The van der Waals surface area contributed by atoms with Crippen molar-refractivity contribution < 1.29 is 40.3 Å². The number of hydrogen-bond donors (Lipinski definition) is 3. The zero-order chi connectivity index (χ0) is 32.6. The van der Waals surface area contributed by atoms with Gasteiger partial charge < -0.3 is 15.6 Å². The molecule has 1 aliphatic rings. The molecule has 3 aromatic rings. The molecular weight excluding hydrogens is 599 g/mol. The number of hydrogen-bond acceptors (Lipinski definition) is 5. The van der Waals surface area contributed by atoms with Crippen LogP contribution in [0.4, 0.5) is 30.7 Å². The van der Waals surface area contributed by atoms with E-state index in [4.69, 9.17) is 0 Å². The third kappa shape index (κ3) is 8.25. The van der Waals surface area contributed by atoms with Crippen molar-refractivity contribution in [3.8, 4) is 0 Å². The summed E-state index contributed by atoms with van der Waals surface area (Å²) in [4.78, 5) is 36.9. The van der Waals surface area contributed by atoms with Crippen molar-refractivity contribution in [3.63, 3.8) is 0 Å². The fourth-order valence-corrected chi connectivity index (χ4v) is 5.00. The number of imidazole rings is 1. The summed E-state index contributed by atoms with van der Waals surface area (Å²) in [6.07, 6.45) is -7.03. The van der Waals surface area contributed by atoms with E-state index in [0.29, 0.717) is 0 Å². The summed E-state index contributed by atoms with van der Waals surface area (Å²) in [6, 6.07) is 1.59. The Balaban J connectivity index is 1.57. The van der Waals surface area contributed by atoms with Gasteiger partial charge in [-0.25, -0.2) is 32.2 Å². The number of amides is 2. The summed E-state index contributed by atoms with van der Waals surface area (Å²) in [6.45, 7) is 5.23. The summed E-state index contributed by atoms with van der Waals surface area (Å²) in [7, 11) is 0. The summed E-state index contributed by atoms with van der Waals surface area (Å²) in [5, 5.41) is 9.20. The van der Waals surface area contributed by atoms with Crippen LogP contribution in [-0.4, -0.2) is 66.9 Å². The number of nitrogens with zero attached hydrogens (tertiary/aromatic N) is 4. The third-order valence-electron chi connectivity index (χ3n) is 7.23. The van der Waals surface area contributed by atoms with Crippen LogP contribution in [0.25, 0.3) is 11.0 Å². The van der Waals surface area contributed by atoms with Gasteiger partial charge in [0.05, 0.1) is 30.8 Å². The van der Waals surface area contributed by atoms with Crippen LogP contribution in [0, 0.1) is 5.82 Å². The second kappa shape index (κ2) is 12.3. The van der Waals surface area contributed by atoms with Gasteiger partial charge in [-0.05, 0) is 46.6 Å². The fourth-order valence-electron chi connectivity index (χ4n) is 5.00. The van der Waals surface area contributed by atoms with Crippen molar-refractivity contribution in [2.45, 2.75) is 102 Å². The van der Waals surface area contributed by atoms with E-state index in [1.807, 2.05) is 0 Å². The normalized spacial score (nSPS) is 16.8. The number of rotatable bonds is 10. The maximum absolute atomic E-state index is 15.6. The van der Waals surface area contributed by atoms with Gasteiger partial charge in [0.15, 0.2) is 11.6 Å². The van der Waals surface area contributed by atoms with Gasteiger partial charge in [0.2, 0.25) is 17.7 Å². The molecule has 4 rings (SSSR count). The van der Waals surface area contributed by atoms with Crippen LogP contribution in [0.15, 0.2) is 12.1 Å². The van der Waals surface area contributed by atoms with E-state index >= 15 is 4.39 Å². The lowest BCUT2D eigenvalue weighted by Crippen LogP contribution is -2.41. The lowest BCUT2D eigenvalue weighted by molar-refractivity contribution is -0.148. The molecule has 1 saturated carbocycles. The molecule has 0 spiro atoms. The number of nitrogens with one attached hydrogen (secondary N) is 3. The van der Waals surface area contributed by atoms with Crippen molar-refractivity contribution in [1.82, 2.24) is 35.4 Å². The SMILES string of the molecule is CC(C)n1nc(Cc2nc3c(F)c([C@H](CC(F)(F)F)C(=O)NCC(C)(C)F)ccc3[nH]2)nc1C(=O)NC1CCC(F)(F)CC1. The van der Waals surface area contributed by atoms with Gasteiger partial charge in [-0.2, -0.15) is 18.3 Å². The first-order chi connectivity index (χ1) is 20.3. The van der Waals surface area contributed by atoms with Gasteiger partial charge in [-0.1, -0.05) is 6.07 Å². The Morgan fingerprint density at radius 1 is 1.11 bits per heavy atom. The van der Waals surface area contributed by atoms with Crippen molar-refractivity contribution in [1.29, 1.82) is 0 Å². The zero-order valence-electron chi connectivity index (χ0n) is 24.6. The first-order valence-electron chi connectivity index (χ1n) is 14.2. The number of aromatic nitrogens is 5. The van der Waals surface area contributed by atoms with Crippen molar-refractivity contribution in [2.24, 2.45) is 0 Å². The van der Waals surface area contributed by atoms with Crippen LogP contribution in [-0.2, 0) is 11.2 Å².